The molecule has 0 spiro atoms. The first kappa shape index (κ1) is 17.4. The van der Waals surface area contributed by atoms with Gasteiger partial charge in [0.1, 0.15) is 11.9 Å². The number of aliphatic carboxylic acids is 1. The van der Waals surface area contributed by atoms with Crippen LogP contribution in [0.3, 0.4) is 0 Å². The molecule has 1 aromatic rings. The summed E-state index contributed by atoms with van der Waals surface area (Å²) in [7, 11) is 0. The minimum atomic E-state index is -0.869. The number of carbonyl (C=O) groups excluding carboxylic acids is 1. The van der Waals surface area contributed by atoms with Crippen LogP contribution >= 0.6 is 0 Å². The second kappa shape index (κ2) is 5.78. The number of allylic oxidation sites excluding steroid dienone is 4. The van der Waals surface area contributed by atoms with Crippen LogP contribution in [0.15, 0.2) is 59.0 Å². The van der Waals surface area contributed by atoms with Gasteiger partial charge in [-0.2, -0.15) is 0 Å². The Kier molecular flexibility index (Phi) is 3.35. The zero-order valence-electron chi connectivity index (χ0n) is 16.3. The van der Waals surface area contributed by atoms with Crippen molar-refractivity contribution < 1.29 is 28.9 Å². The van der Waals surface area contributed by atoms with Gasteiger partial charge in [-0.3, -0.25) is 9.59 Å². The first-order valence-electron chi connectivity index (χ1n) is 9.94. The molecule has 5 aliphatic rings. The van der Waals surface area contributed by atoms with Crippen molar-refractivity contribution in [3.63, 3.8) is 0 Å². The molecule has 0 saturated heterocycles. The Morgan fingerprint density at radius 3 is 2.83 bits per heavy atom. The molecule has 7 nitrogen and oxygen atoms in total. The average Bonchev–Trinajstić information content (AvgIpc) is 3.25. The largest absolute Gasteiger partial charge is 0.485 e. The number of hydrogen-bond acceptors (Lipinski definition) is 6. The van der Waals surface area contributed by atoms with Gasteiger partial charge in [-0.25, -0.2) is 0 Å². The summed E-state index contributed by atoms with van der Waals surface area (Å²) in [6.45, 7) is 2.83. The molecule has 0 fully saturated rings. The molecule has 2 unspecified atom stereocenters. The van der Waals surface area contributed by atoms with Gasteiger partial charge < -0.3 is 24.2 Å². The van der Waals surface area contributed by atoms with Crippen molar-refractivity contribution in [1.29, 1.82) is 0 Å². The highest BCUT2D eigenvalue weighted by atomic mass is 16.7. The van der Waals surface area contributed by atoms with E-state index in [1.807, 2.05) is 25.1 Å². The van der Waals surface area contributed by atoms with Crippen molar-refractivity contribution in [2.75, 3.05) is 18.2 Å². The Labute approximate surface area is 172 Å². The van der Waals surface area contributed by atoms with E-state index in [0.29, 0.717) is 23.8 Å². The molecule has 4 aliphatic heterocycles. The van der Waals surface area contributed by atoms with E-state index in [4.69, 9.17) is 14.2 Å². The maximum Gasteiger partial charge on any atom is 0.304 e. The normalized spacial score (nSPS) is 27.6. The summed E-state index contributed by atoms with van der Waals surface area (Å²) >= 11 is 0. The molecular weight excluding hydrogens is 386 g/mol. The highest BCUT2D eigenvalue weighted by molar-refractivity contribution is 6.02. The summed E-state index contributed by atoms with van der Waals surface area (Å²) in [5.41, 5.74) is 3.87. The van der Waals surface area contributed by atoms with Crippen LogP contribution in [0.4, 0.5) is 5.69 Å². The minimum Gasteiger partial charge on any atom is -0.485 e. The number of anilines is 1. The van der Waals surface area contributed by atoms with Crippen molar-refractivity contribution in [2.24, 2.45) is 0 Å². The molecule has 0 amide bonds. The molecule has 1 aliphatic carbocycles. The van der Waals surface area contributed by atoms with Gasteiger partial charge in [0, 0.05) is 53.1 Å². The molecule has 6 rings (SSSR count). The fourth-order valence-electron chi connectivity index (χ4n) is 5.23. The Morgan fingerprint density at radius 2 is 2.03 bits per heavy atom. The zero-order valence-corrected chi connectivity index (χ0v) is 16.3. The van der Waals surface area contributed by atoms with Crippen molar-refractivity contribution >= 4 is 17.4 Å². The molecule has 2 atom stereocenters. The number of carboxylic acid groups (broad SMARTS) is 1. The average molecular weight is 405 g/mol. The van der Waals surface area contributed by atoms with Crippen LogP contribution < -0.4 is 14.4 Å². The molecule has 0 bridgehead atoms. The van der Waals surface area contributed by atoms with Crippen molar-refractivity contribution in [3.05, 3.63) is 64.6 Å². The van der Waals surface area contributed by atoms with Crippen LogP contribution in [0.5, 0.6) is 11.5 Å². The van der Waals surface area contributed by atoms with Crippen LogP contribution in [0.25, 0.3) is 0 Å². The van der Waals surface area contributed by atoms with Gasteiger partial charge in [-0.05, 0) is 36.8 Å². The maximum absolute atomic E-state index is 11.9. The van der Waals surface area contributed by atoms with Crippen LogP contribution in [0, 0.1) is 0 Å². The van der Waals surface area contributed by atoms with Crippen molar-refractivity contribution in [1.82, 2.24) is 0 Å². The number of carbonyl (C=O) groups is 2. The van der Waals surface area contributed by atoms with E-state index in [2.05, 4.69) is 4.90 Å². The van der Waals surface area contributed by atoms with E-state index < -0.39 is 11.4 Å². The van der Waals surface area contributed by atoms with Gasteiger partial charge in [0.25, 0.3) is 0 Å². The number of hydrogen-bond donors (Lipinski definition) is 1. The number of ketones is 1. The summed E-state index contributed by atoms with van der Waals surface area (Å²) in [6.07, 6.45) is 7.29. The molecule has 1 N–H and O–H groups in total. The lowest BCUT2D eigenvalue weighted by molar-refractivity contribution is -0.138. The van der Waals surface area contributed by atoms with Crippen LogP contribution in [-0.2, 0) is 19.7 Å². The van der Waals surface area contributed by atoms with Gasteiger partial charge in [0.2, 0.25) is 6.79 Å². The number of carboxylic acids is 1. The smallest absolute Gasteiger partial charge is 0.304 e. The third kappa shape index (κ3) is 2.26. The van der Waals surface area contributed by atoms with Crippen molar-refractivity contribution in [3.8, 4) is 11.5 Å². The number of ether oxygens (including phenoxy) is 3. The minimum absolute atomic E-state index is 0.0537. The highest BCUT2D eigenvalue weighted by Crippen LogP contribution is 2.57. The fourth-order valence-corrected chi connectivity index (χ4v) is 5.23. The molecule has 152 valence electrons. The quantitative estimate of drug-likeness (QED) is 0.810. The third-order valence-corrected chi connectivity index (χ3v) is 6.47. The van der Waals surface area contributed by atoms with Gasteiger partial charge in [0.05, 0.1) is 6.42 Å². The zero-order chi connectivity index (χ0) is 20.6. The molecule has 0 aromatic heterocycles. The molecule has 0 saturated carbocycles. The first-order valence-corrected chi connectivity index (χ1v) is 9.94. The van der Waals surface area contributed by atoms with Gasteiger partial charge in [-0.1, -0.05) is 0 Å². The first-order chi connectivity index (χ1) is 14.4. The fraction of sp³-hybridized carbons (Fsp3) is 0.304. The van der Waals surface area contributed by atoms with Crippen LogP contribution in [0.1, 0.15) is 25.3 Å². The molecule has 30 heavy (non-hydrogen) atoms. The van der Waals surface area contributed by atoms with Crippen LogP contribution in [0.2, 0.25) is 0 Å². The number of nitrogens with zero attached hydrogens (tertiary/aromatic N) is 1. The summed E-state index contributed by atoms with van der Waals surface area (Å²) < 4.78 is 17.3. The predicted octanol–water partition coefficient (Wildman–Crippen LogP) is 2.97. The lowest BCUT2D eigenvalue weighted by Crippen LogP contribution is -2.41. The number of benzene rings is 1. The molecule has 0 radical (unpaired) electrons. The van der Waals surface area contributed by atoms with E-state index >= 15 is 0 Å². The van der Waals surface area contributed by atoms with E-state index in [-0.39, 0.29) is 25.1 Å². The van der Waals surface area contributed by atoms with Crippen LogP contribution in [-0.4, -0.2) is 36.3 Å². The Morgan fingerprint density at radius 1 is 1.23 bits per heavy atom. The Hall–Kier alpha value is -3.48. The highest BCUT2D eigenvalue weighted by Gasteiger charge is 2.51. The van der Waals surface area contributed by atoms with E-state index in [1.165, 1.54) is 12.2 Å². The summed E-state index contributed by atoms with van der Waals surface area (Å²) in [6, 6.07) is 3.87. The van der Waals surface area contributed by atoms with E-state index in [0.717, 1.165) is 34.5 Å². The van der Waals surface area contributed by atoms with Crippen molar-refractivity contribution in [2.45, 2.75) is 31.3 Å². The Balaban J connectivity index is 1.59. The Bertz CT molecular complexity index is 1160. The molecule has 4 heterocycles. The SMILES string of the molecule is CC1(CC(=O)O)C2=C3C=C4C=CC(=O)C=C4OC3CCN2c2cc3c(cc21)OCO3. The predicted molar refractivity (Wildman–Crippen MR) is 106 cm³/mol. The molecule has 7 heteroatoms. The van der Waals surface area contributed by atoms with Gasteiger partial charge in [0.15, 0.2) is 17.3 Å². The summed E-state index contributed by atoms with van der Waals surface area (Å²) in [4.78, 5) is 25.8. The van der Waals surface area contributed by atoms with E-state index in [9.17, 15) is 14.7 Å². The van der Waals surface area contributed by atoms with Gasteiger partial charge in [-0.15, -0.1) is 0 Å². The number of rotatable bonds is 2. The lowest BCUT2D eigenvalue weighted by atomic mass is 9.75. The second-order valence-corrected chi connectivity index (χ2v) is 8.32. The van der Waals surface area contributed by atoms with Gasteiger partial charge >= 0.3 is 5.97 Å². The molecular formula is C23H19NO6. The maximum atomic E-state index is 11.9. The summed E-state index contributed by atoms with van der Waals surface area (Å²) in [5.74, 6) is 0.948. The number of fused-ring (bicyclic) bond motifs is 6. The monoisotopic (exact) mass is 405 g/mol. The summed E-state index contributed by atoms with van der Waals surface area (Å²) in [5, 5.41) is 9.76. The lowest BCUT2D eigenvalue weighted by Gasteiger charge is -2.40. The molecule has 1 aromatic carbocycles. The third-order valence-electron chi connectivity index (χ3n) is 6.47. The second-order valence-electron chi connectivity index (χ2n) is 8.32. The topological polar surface area (TPSA) is 85.3 Å². The van der Waals surface area contributed by atoms with E-state index in [1.54, 1.807) is 6.08 Å². The standard InChI is InChI=1S/C23H19NO6/c1-23(10-21(26)27)15-8-19-20(29-11-28-19)9-16(15)24-5-4-17-14(22(23)24)6-12-2-3-13(25)7-18(12)30-17/h2-3,6-9,17H,4-5,10-11H2,1H3,(H,26,27).